The first-order chi connectivity index (χ1) is 14.7. The zero-order chi connectivity index (χ0) is 22.2. The molecular weight excluding hydrogens is 416 g/mol. The van der Waals surface area contributed by atoms with Crippen LogP contribution in [0.3, 0.4) is 0 Å². The second kappa shape index (κ2) is 7.84. The Balaban J connectivity index is 1.46. The van der Waals surface area contributed by atoms with Crippen molar-refractivity contribution < 1.29 is 8.42 Å². The lowest BCUT2D eigenvalue weighted by Crippen LogP contribution is -2.14. The second-order valence-electron chi connectivity index (χ2n) is 7.19. The number of aromatic nitrogens is 6. The molecule has 160 valence electrons. The summed E-state index contributed by atoms with van der Waals surface area (Å²) in [6.07, 6.45) is 0. The number of benzene rings is 1. The first-order valence-corrected chi connectivity index (χ1v) is 11.0. The molecule has 0 atom stereocenters. The molecule has 0 fully saturated rings. The summed E-state index contributed by atoms with van der Waals surface area (Å²) >= 11 is 0. The minimum Gasteiger partial charge on any atom is -0.339 e. The lowest BCUT2D eigenvalue weighted by molar-refractivity contribution is 0.600. The summed E-state index contributed by atoms with van der Waals surface area (Å²) in [5.74, 6) is 1.19. The van der Waals surface area contributed by atoms with E-state index >= 15 is 0 Å². The molecule has 0 aliphatic carbocycles. The van der Waals surface area contributed by atoms with E-state index in [2.05, 4.69) is 35.5 Å². The van der Waals surface area contributed by atoms with Gasteiger partial charge in [-0.25, -0.2) is 13.1 Å². The standard InChI is InChI=1S/C20H22N8O2S/c1-12-11-13(2)28(26-12)19-10-9-18(24-25-19)21-16-5-7-17(8-6-16)27-31(29,30)20-14(3)22-23-15(20)4/h5-11,27H,1-4H3,(H,21,24)(H,22,23). The van der Waals surface area contributed by atoms with Gasteiger partial charge in [-0.05, 0) is 70.2 Å². The predicted octanol–water partition coefficient (Wildman–Crippen LogP) is 3.16. The molecule has 31 heavy (non-hydrogen) atoms. The fourth-order valence-corrected chi connectivity index (χ4v) is 4.71. The van der Waals surface area contributed by atoms with Crippen LogP contribution in [-0.4, -0.2) is 38.6 Å². The van der Waals surface area contributed by atoms with Gasteiger partial charge in [0.1, 0.15) is 4.90 Å². The molecule has 3 N–H and O–H groups in total. The number of H-pyrrole nitrogens is 1. The van der Waals surface area contributed by atoms with Crippen molar-refractivity contribution in [1.29, 1.82) is 0 Å². The van der Waals surface area contributed by atoms with Crippen LogP contribution in [0.4, 0.5) is 17.2 Å². The first-order valence-electron chi connectivity index (χ1n) is 9.52. The summed E-state index contributed by atoms with van der Waals surface area (Å²) in [5, 5.41) is 22.6. The molecule has 0 amide bonds. The number of aromatic amines is 1. The third-order valence-corrected chi connectivity index (χ3v) is 6.26. The fourth-order valence-electron chi connectivity index (χ4n) is 3.28. The number of nitrogens with zero attached hydrogens (tertiary/aromatic N) is 5. The largest absolute Gasteiger partial charge is 0.339 e. The molecule has 3 heterocycles. The smallest absolute Gasteiger partial charge is 0.265 e. The Labute approximate surface area is 179 Å². The van der Waals surface area contributed by atoms with Gasteiger partial charge in [0, 0.05) is 17.1 Å². The summed E-state index contributed by atoms with van der Waals surface area (Å²) < 4.78 is 29.6. The van der Waals surface area contributed by atoms with Crippen molar-refractivity contribution in [3.63, 3.8) is 0 Å². The zero-order valence-corrected chi connectivity index (χ0v) is 18.3. The maximum atomic E-state index is 12.6. The molecule has 4 rings (SSSR count). The van der Waals surface area contributed by atoms with Crippen LogP contribution < -0.4 is 10.0 Å². The second-order valence-corrected chi connectivity index (χ2v) is 8.81. The van der Waals surface area contributed by atoms with E-state index in [1.165, 1.54) is 0 Å². The van der Waals surface area contributed by atoms with E-state index in [4.69, 9.17) is 0 Å². The highest BCUT2D eigenvalue weighted by atomic mass is 32.2. The number of sulfonamides is 1. The molecule has 4 aromatic rings. The molecule has 0 spiro atoms. The Morgan fingerprint density at radius 3 is 2.19 bits per heavy atom. The highest BCUT2D eigenvalue weighted by molar-refractivity contribution is 7.92. The Morgan fingerprint density at radius 1 is 0.935 bits per heavy atom. The highest BCUT2D eigenvalue weighted by Crippen LogP contribution is 2.23. The lowest BCUT2D eigenvalue weighted by Gasteiger charge is -2.10. The summed E-state index contributed by atoms with van der Waals surface area (Å²) in [6, 6.07) is 12.4. The van der Waals surface area contributed by atoms with Crippen LogP contribution in [-0.2, 0) is 10.0 Å². The van der Waals surface area contributed by atoms with Crippen LogP contribution in [0.2, 0.25) is 0 Å². The van der Waals surface area contributed by atoms with E-state index in [1.807, 2.05) is 26.0 Å². The fraction of sp³-hybridized carbons (Fsp3) is 0.200. The third-order valence-electron chi connectivity index (χ3n) is 4.62. The molecule has 0 radical (unpaired) electrons. The van der Waals surface area contributed by atoms with Crippen LogP contribution in [0.15, 0.2) is 47.4 Å². The number of hydrogen-bond donors (Lipinski definition) is 3. The summed E-state index contributed by atoms with van der Waals surface area (Å²) in [5.41, 5.74) is 3.99. The summed E-state index contributed by atoms with van der Waals surface area (Å²) in [4.78, 5) is 0.160. The predicted molar refractivity (Wildman–Crippen MR) is 117 cm³/mol. The molecule has 0 saturated carbocycles. The number of anilines is 3. The van der Waals surface area contributed by atoms with Gasteiger partial charge in [0.2, 0.25) is 0 Å². The molecule has 0 aliphatic rings. The van der Waals surface area contributed by atoms with Crippen molar-refractivity contribution >= 4 is 27.2 Å². The topological polar surface area (TPSA) is 130 Å². The van der Waals surface area contributed by atoms with Gasteiger partial charge in [-0.15, -0.1) is 10.2 Å². The van der Waals surface area contributed by atoms with Gasteiger partial charge in [-0.1, -0.05) is 0 Å². The molecule has 0 unspecified atom stereocenters. The highest BCUT2D eigenvalue weighted by Gasteiger charge is 2.22. The van der Waals surface area contributed by atoms with E-state index in [0.717, 1.165) is 17.1 Å². The van der Waals surface area contributed by atoms with E-state index in [-0.39, 0.29) is 4.90 Å². The number of rotatable bonds is 6. The molecule has 0 saturated heterocycles. The van der Waals surface area contributed by atoms with Gasteiger partial charge in [0.15, 0.2) is 11.6 Å². The monoisotopic (exact) mass is 438 g/mol. The molecule has 0 bridgehead atoms. The van der Waals surface area contributed by atoms with Gasteiger partial charge >= 0.3 is 0 Å². The van der Waals surface area contributed by atoms with E-state index in [1.54, 1.807) is 48.9 Å². The minimum atomic E-state index is -3.73. The number of hydrogen-bond acceptors (Lipinski definition) is 7. The number of aryl methyl sites for hydroxylation is 4. The van der Waals surface area contributed by atoms with Gasteiger partial charge < -0.3 is 5.32 Å². The van der Waals surface area contributed by atoms with Gasteiger partial charge in [-0.2, -0.15) is 10.2 Å². The maximum Gasteiger partial charge on any atom is 0.265 e. The summed E-state index contributed by atoms with van der Waals surface area (Å²) in [7, 11) is -3.73. The average molecular weight is 439 g/mol. The van der Waals surface area contributed by atoms with Gasteiger partial charge in [0.25, 0.3) is 10.0 Å². The Morgan fingerprint density at radius 2 is 1.65 bits per heavy atom. The van der Waals surface area contributed by atoms with Crippen LogP contribution >= 0.6 is 0 Å². The normalized spacial score (nSPS) is 11.5. The lowest BCUT2D eigenvalue weighted by atomic mass is 10.3. The molecule has 10 nitrogen and oxygen atoms in total. The van der Waals surface area contributed by atoms with Crippen molar-refractivity contribution in [2.24, 2.45) is 0 Å². The van der Waals surface area contributed by atoms with Crippen molar-refractivity contribution in [3.8, 4) is 5.82 Å². The molecule has 11 heteroatoms. The van der Waals surface area contributed by atoms with Crippen LogP contribution in [0, 0.1) is 27.7 Å². The van der Waals surface area contributed by atoms with E-state index in [0.29, 0.717) is 28.7 Å². The van der Waals surface area contributed by atoms with Crippen LogP contribution in [0.5, 0.6) is 0 Å². The van der Waals surface area contributed by atoms with E-state index in [9.17, 15) is 8.42 Å². The molecule has 0 aliphatic heterocycles. The molecular formula is C20H22N8O2S. The zero-order valence-electron chi connectivity index (χ0n) is 17.5. The Bertz CT molecular complexity index is 1300. The average Bonchev–Trinajstić information content (AvgIpc) is 3.24. The van der Waals surface area contributed by atoms with Gasteiger partial charge in [-0.3, -0.25) is 9.82 Å². The Hall–Kier alpha value is -3.73. The van der Waals surface area contributed by atoms with Gasteiger partial charge in [0.05, 0.1) is 17.1 Å². The van der Waals surface area contributed by atoms with E-state index < -0.39 is 10.0 Å². The van der Waals surface area contributed by atoms with Crippen molar-refractivity contribution in [3.05, 3.63) is 65.2 Å². The van der Waals surface area contributed by atoms with Crippen LogP contribution in [0.1, 0.15) is 22.8 Å². The van der Waals surface area contributed by atoms with Crippen molar-refractivity contribution in [2.75, 3.05) is 10.0 Å². The number of nitrogens with one attached hydrogen (secondary N) is 3. The quantitative estimate of drug-likeness (QED) is 0.421. The SMILES string of the molecule is Cc1cc(C)n(-c2ccc(Nc3ccc(NS(=O)(=O)c4c(C)n[nH]c4C)cc3)nn2)n1. The summed E-state index contributed by atoms with van der Waals surface area (Å²) in [6.45, 7) is 7.20. The molecule has 1 aromatic carbocycles. The minimum absolute atomic E-state index is 0.160. The Kier molecular flexibility index (Phi) is 5.19. The maximum absolute atomic E-state index is 12.6. The third kappa shape index (κ3) is 4.26. The molecule has 3 aromatic heterocycles. The first kappa shape index (κ1) is 20.5. The van der Waals surface area contributed by atoms with Crippen molar-refractivity contribution in [1.82, 2.24) is 30.2 Å². The van der Waals surface area contributed by atoms with Crippen molar-refractivity contribution in [2.45, 2.75) is 32.6 Å². The van der Waals surface area contributed by atoms with Crippen LogP contribution in [0.25, 0.3) is 5.82 Å².